The Kier molecular flexibility index (Phi) is 10.1. The molecular formula is C22H34N4O5. The molecule has 4 atom stereocenters. The van der Waals surface area contributed by atoms with Crippen molar-refractivity contribution in [2.24, 2.45) is 17.6 Å². The number of aliphatic carboxylic acids is 1. The highest BCUT2D eigenvalue weighted by Gasteiger charge is 2.32. The van der Waals surface area contributed by atoms with E-state index in [-0.39, 0.29) is 18.3 Å². The van der Waals surface area contributed by atoms with Crippen molar-refractivity contribution in [3.63, 3.8) is 0 Å². The van der Waals surface area contributed by atoms with Crippen molar-refractivity contribution in [2.75, 3.05) is 0 Å². The Bertz CT molecular complexity index is 764. The molecule has 31 heavy (non-hydrogen) atoms. The van der Waals surface area contributed by atoms with Crippen molar-refractivity contribution in [1.29, 1.82) is 0 Å². The molecule has 1 rings (SSSR count). The molecule has 6 N–H and O–H groups in total. The summed E-state index contributed by atoms with van der Waals surface area (Å²) >= 11 is 0. The van der Waals surface area contributed by atoms with Crippen molar-refractivity contribution in [1.82, 2.24) is 16.0 Å². The summed E-state index contributed by atoms with van der Waals surface area (Å²) in [5.74, 6) is -3.35. The molecule has 0 heterocycles. The van der Waals surface area contributed by atoms with E-state index in [9.17, 15) is 24.3 Å². The Hall–Kier alpha value is -2.94. The van der Waals surface area contributed by atoms with Crippen LogP contribution in [0.15, 0.2) is 30.3 Å². The van der Waals surface area contributed by atoms with Crippen LogP contribution in [0.25, 0.3) is 0 Å². The molecule has 9 heteroatoms. The van der Waals surface area contributed by atoms with Crippen molar-refractivity contribution in [3.05, 3.63) is 35.9 Å². The van der Waals surface area contributed by atoms with E-state index in [1.54, 1.807) is 52.0 Å². The van der Waals surface area contributed by atoms with Gasteiger partial charge in [0.2, 0.25) is 17.7 Å². The molecule has 0 aliphatic carbocycles. The Balaban J connectivity index is 2.92. The molecule has 4 unspecified atom stereocenters. The Morgan fingerprint density at radius 2 is 1.26 bits per heavy atom. The van der Waals surface area contributed by atoms with Crippen LogP contribution in [-0.4, -0.2) is 53.0 Å². The van der Waals surface area contributed by atoms with Gasteiger partial charge in [-0.15, -0.1) is 0 Å². The molecule has 0 aromatic heterocycles. The molecule has 0 bridgehead atoms. The number of benzene rings is 1. The second-order valence-corrected chi connectivity index (χ2v) is 8.34. The van der Waals surface area contributed by atoms with Gasteiger partial charge < -0.3 is 26.8 Å². The van der Waals surface area contributed by atoms with Crippen molar-refractivity contribution in [2.45, 2.75) is 65.2 Å². The maximum Gasteiger partial charge on any atom is 0.326 e. The van der Waals surface area contributed by atoms with Crippen LogP contribution in [0, 0.1) is 11.8 Å². The van der Waals surface area contributed by atoms with E-state index in [4.69, 9.17) is 5.73 Å². The molecule has 0 aliphatic rings. The van der Waals surface area contributed by atoms with Crippen LogP contribution < -0.4 is 21.7 Å². The zero-order chi connectivity index (χ0) is 23.7. The largest absolute Gasteiger partial charge is 0.480 e. The van der Waals surface area contributed by atoms with Crippen LogP contribution >= 0.6 is 0 Å². The lowest BCUT2D eigenvalue weighted by molar-refractivity contribution is -0.142. The van der Waals surface area contributed by atoms with Gasteiger partial charge in [0.1, 0.15) is 18.1 Å². The van der Waals surface area contributed by atoms with Crippen LogP contribution in [0.5, 0.6) is 0 Å². The number of rotatable bonds is 11. The number of nitrogens with one attached hydrogen (secondary N) is 3. The highest BCUT2D eigenvalue weighted by atomic mass is 16.4. The van der Waals surface area contributed by atoms with Gasteiger partial charge in [-0.1, -0.05) is 58.0 Å². The molecule has 0 radical (unpaired) electrons. The fraction of sp³-hybridized carbons (Fsp3) is 0.545. The van der Waals surface area contributed by atoms with Gasteiger partial charge in [-0.25, -0.2) is 4.79 Å². The SMILES string of the molecule is CC(N)C(=O)NC(C(=O)NC(C(=O)NC(Cc1ccccc1)C(=O)O)C(C)C)C(C)C. The molecule has 0 fully saturated rings. The Morgan fingerprint density at radius 1 is 0.806 bits per heavy atom. The second kappa shape index (κ2) is 12.0. The van der Waals surface area contributed by atoms with E-state index in [2.05, 4.69) is 16.0 Å². The van der Waals surface area contributed by atoms with Crippen LogP contribution in [0.3, 0.4) is 0 Å². The summed E-state index contributed by atoms with van der Waals surface area (Å²) in [5.41, 5.74) is 6.33. The van der Waals surface area contributed by atoms with Crippen molar-refractivity contribution < 1.29 is 24.3 Å². The third kappa shape index (κ3) is 8.37. The van der Waals surface area contributed by atoms with Crippen molar-refractivity contribution in [3.8, 4) is 0 Å². The van der Waals surface area contributed by atoms with E-state index in [0.717, 1.165) is 5.56 Å². The number of amides is 3. The number of carbonyl (C=O) groups is 4. The van der Waals surface area contributed by atoms with Crippen LogP contribution in [0.1, 0.15) is 40.2 Å². The van der Waals surface area contributed by atoms with E-state index in [0.29, 0.717) is 0 Å². The summed E-state index contributed by atoms with van der Waals surface area (Å²) in [7, 11) is 0. The van der Waals surface area contributed by atoms with Crippen molar-refractivity contribution >= 4 is 23.7 Å². The normalized spacial score (nSPS) is 15.0. The van der Waals surface area contributed by atoms with E-state index >= 15 is 0 Å². The predicted octanol–water partition coefficient (Wildman–Crippen LogP) is 0.427. The van der Waals surface area contributed by atoms with Crippen LogP contribution in [-0.2, 0) is 25.6 Å². The average Bonchev–Trinajstić information content (AvgIpc) is 2.69. The third-order valence-electron chi connectivity index (χ3n) is 4.80. The molecule has 0 spiro atoms. The quantitative estimate of drug-likeness (QED) is 0.341. The first-order chi connectivity index (χ1) is 14.4. The fourth-order valence-corrected chi connectivity index (χ4v) is 2.91. The maximum atomic E-state index is 12.9. The minimum absolute atomic E-state index is 0.111. The number of hydrogen-bond acceptors (Lipinski definition) is 5. The second-order valence-electron chi connectivity index (χ2n) is 8.34. The Labute approximate surface area is 183 Å². The first-order valence-electron chi connectivity index (χ1n) is 10.4. The van der Waals surface area contributed by atoms with E-state index in [1.165, 1.54) is 6.92 Å². The number of carboxylic acid groups (broad SMARTS) is 1. The monoisotopic (exact) mass is 434 g/mol. The van der Waals surface area contributed by atoms with Gasteiger partial charge in [0, 0.05) is 6.42 Å². The van der Waals surface area contributed by atoms with Gasteiger partial charge in [0.05, 0.1) is 6.04 Å². The van der Waals surface area contributed by atoms with E-state index in [1.807, 2.05) is 6.07 Å². The summed E-state index contributed by atoms with van der Waals surface area (Å²) in [6, 6.07) is 5.16. The maximum absolute atomic E-state index is 12.9. The zero-order valence-electron chi connectivity index (χ0n) is 18.7. The van der Waals surface area contributed by atoms with Crippen LogP contribution in [0.2, 0.25) is 0 Å². The first-order valence-corrected chi connectivity index (χ1v) is 10.4. The summed E-state index contributed by atoms with van der Waals surface area (Å²) in [6.45, 7) is 8.51. The molecule has 9 nitrogen and oxygen atoms in total. The molecule has 0 saturated carbocycles. The Morgan fingerprint density at radius 3 is 1.68 bits per heavy atom. The van der Waals surface area contributed by atoms with Gasteiger partial charge in [0.15, 0.2) is 0 Å². The predicted molar refractivity (Wildman–Crippen MR) is 117 cm³/mol. The number of carboxylic acids is 1. The fourth-order valence-electron chi connectivity index (χ4n) is 2.91. The topological polar surface area (TPSA) is 151 Å². The highest BCUT2D eigenvalue weighted by Crippen LogP contribution is 2.09. The van der Waals surface area contributed by atoms with Gasteiger partial charge >= 0.3 is 5.97 Å². The van der Waals surface area contributed by atoms with Gasteiger partial charge in [-0.3, -0.25) is 14.4 Å². The van der Waals surface area contributed by atoms with Gasteiger partial charge in [0.25, 0.3) is 0 Å². The lowest BCUT2D eigenvalue weighted by atomic mass is 9.98. The molecule has 0 aliphatic heterocycles. The summed E-state index contributed by atoms with van der Waals surface area (Å²) in [6.07, 6.45) is 0.111. The summed E-state index contributed by atoms with van der Waals surface area (Å²) < 4.78 is 0. The minimum atomic E-state index is -1.17. The molecule has 3 amide bonds. The molecule has 172 valence electrons. The lowest BCUT2D eigenvalue weighted by Gasteiger charge is -2.28. The lowest BCUT2D eigenvalue weighted by Crippen LogP contribution is -2.59. The number of hydrogen-bond donors (Lipinski definition) is 5. The first kappa shape index (κ1) is 26.1. The molecule has 1 aromatic rings. The standard InChI is InChI=1S/C22H34N4O5/c1-12(2)17(26-21(29)18(13(3)4)25-19(27)14(5)23)20(28)24-16(22(30)31)11-15-9-7-6-8-10-15/h6-10,12-14,16-18H,11,23H2,1-5H3,(H,24,28)(H,25,27)(H,26,29)(H,30,31). The molecule has 0 saturated heterocycles. The minimum Gasteiger partial charge on any atom is -0.480 e. The highest BCUT2D eigenvalue weighted by molar-refractivity contribution is 5.94. The zero-order valence-corrected chi connectivity index (χ0v) is 18.7. The number of nitrogens with two attached hydrogens (primary N) is 1. The number of carbonyl (C=O) groups excluding carboxylic acids is 3. The van der Waals surface area contributed by atoms with Crippen LogP contribution in [0.4, 0.5) is 0 Å². The van der Waals surface area contributed by atoms with Gasteiger partial charge in [-0.2, -0.15) is 0 Å². The summed E-state index contributed by atoms with van der Waals surface area (Å²) in [5, 5.41) is 17.3. The molecular weight excluding hydrogens is 400 g/mol. The van der Waals surface area contributed by atoms with E-state index < -0.39 is 47.9 Å². The summed E-state index contributed by atoms with van der Waals surface area (Å²) in [4.78, 5) is 49.3. The average molecular weight is 435 g/mol. The third-order valence-corrected chi connectivity index (χ3v) is 4.80. The van der Waals surface area contributed by atoms with Gasteiger partial charge in [-0.05, 0) is 24.3 Å². The smallest absolute Gasteiger partial charge is 0.326 e. The molecule has 1 aromatic carbocycles.